The number of benzene rings is 2. The topological polar surface area (TPSA) is 79.8 Å². The summed E-state index contributed by atoms with van der Waals surface area (Å²) in [6.45, 7) is 3.88. The lowest BCUT2D eigenvalue weighted by atomic mass is 10.2. The van der Waals surface area contributed by atoms with Gasteiger partial charge in [-0.25, -0.2) is 4.99 Å². The van der Waals surface area contributed by atoms with E-state index in [0.717, 1.165) is 11.4 Å². The first-order chi connectivity index (χ1) is 14.5. The van der Waals surface area contributed by atoms with E-state index >= 15 is 0 Å². The number of hydrogen-bond acceptors (Lipinski definition) is 6. The Kier molecular flexibility index (Phi) is 7.54. The van der Waals surface area contributed by atoms with Crippen molar-refractivity contribution in [2.45, 2.75) is 25.5 Å². The molecule has 0 spiro atoms. The van der Waals surface area contributed by atoms with Crippen molar-refractivity contribution in [3.8, 4) is 0 Å². The van der Waals surface area contributed by atoms with E-state index in [1.807, 2.05) is 30.3 Å². The number of thioether (sulfide) groups is 1. The molecule has 0 aromatic heterocycles. The van der Waals surface area contributed by atoms with Crippen LogP contribution in [0.25, 0.3) is 0 Å². The first kappa shape index (κ1) is 21.9. The number of ether oxygens (including phenoxy) is 1. The van der Waals surface area contributed by atoms with Crippen LogP contribution in [0, 0.1) is 0 Å². The molecule has 2 aromatic carbocycles. The minimum Gasteiger partial charge on any atom is -0.466 e. The first-order valence-corrected chi connectivity index (χ1v) is 10.7. The van der Waals surface area contributed by atoms with Crippen molar-refractivity contribution in [3.63, 3.8) is 0 Å². The summed E-state index contributed by atoms with van der Waals surface area (Å²) < 4.78 is 5.06. The molecule has 1 aliphatic rings. The lowest BCUT2D eigenvalue weighted by Crippen LogP contribution is -2.23. The van der Waals surface area contributed by atoms with Crippen molar-refractivity contribution in [1.82, 2.24) is 0 Å². The van der Waals surface area contributed by atoms with Gasteiger partial charge >= 0.3 is 5.97 Å². The van der Waals surface area contributed by atoms with Crippen LogP contribution in [0.2, 0.25) is 5.02 Å². The maximum absolute atomic E-state index is 12.7. The summed E-state index contributed by atoms with van der Waals surface area (Å²) in [6.07, 6.45) is 1.86. The molecule has 0 aliphatic carbocycles. The highest BCUT2D eigenvalue weighted by atomic mass is 35.5. The third kappa shape index (κ3) is 5.87. The van der Waals surface area contributed by atoms with Gasteiger partial charge in [-0.2, -0.15) is 0 Å². The van der Waals surface area contributed by atoms with Gasteiger partial charge in [0.15, 0.2) is 0 Å². The third-order valence-electron chi connectivity index (χ3n) is 4.17. The average Bonchev–Trinajstić information content (AvgIpc) is 2.88. The molecule has 0 radical (unpaired) electrons. The largest absolute Gasteiger partial charge is 0.466 e. The Morgan fingerprint density at radius 3 is 2.70 bits per heavy atom. The minimum absolute atomic E-state index is 0.0853. The number of esters is 1. The molecule has 1 amide bonds. The number of nitrogens with zero attached hydrogens (tertiary/aromatic N) is 1. The maximum Gasteiger partial charge on any atom is 0.311 e. The van der Waals surface area contributed by atoms with Crippen molar-refractivity contribution >= 4 is 57.3 Å². The number of aliphatic imine (C=N–C) groups is 1. The Morgan fingerprint density at radius 2 is 1.93 bits per heavy atom. The number of para-hydroxylation sites is 3. The predicted octanol–water partition coefficient (Wildman–Crippen LogP) is 5.39. The predicted molar refractivity (Wildman–Crippen MR) is 124 cm³/mol. The summed E-state index contributed by atoms with van der Waals surface area (Å²) in [4.78, 5) is 29.3. The van der Waals surface area contributed by atoms with E-state index in [1.165, 1.54) is 11.8 Å². The molecule has 0 saturated carbocycles. The number of carbonyl (C=O) groups is 2. The molecule has 1 aliphatic heterocycles. The number of fused-ring (bicyclic) bond motifs is 1. The number of amides is 1. The number of halogens is 1. The van der Waals surface area contributed by atoms with Gasteiger partial charge < -0.3 is 15.4 Å². The van der Waals surface area contributed by atoms with Crippen LogP contribution in [0.4, 0.5) is 17.1 Å². The maximum atomic E-state index is 12.7. The Balaban J connectivity index is 1.78. The van der Waals surface area contributed by atoms with Crippen LogP contribution in [0.1, 0.15) is 20.3 Å². The van der Waals surface area contributed by atoms with Gasteiger partial charge in [0.25, 0.3) is 0 Å². The van der Waals surface area contributed by atoms with E-state index in [2.05, 4.69) is 15.6 Å². The fraction of sp³-hybridized carbons (Fsp3) is 0.227. The van der Waals surface area contributed by atoms with Crippen LogP contribution in [0.5, 0.6) is 0 Å². The highest BCUT2D eigenvalue weighted by molar-refractivity contribution is 8.15. The van der Waals surface area contributed by atoms with Crippen molar-refractivity contribution in [2.75, 3.05) is 17.2 Å². The molecule has 30 heavy (non-hydrogen) atoms. The standard InChI is InChI=1S/C22H22ClN3O3S/c1-3-29-21(27)13-15-12-20(25-19-11-7-6-10-18(19)24-15)30-14(2)22(28)26-17-9-5-4-8-16(17)23/h4-12,14,24H,3,13H2,1-2H3,(H,26,28). The Hall–Kier alpha value is -2.77. The monoisotopic (exact) mass is 443 g/mol. The van der Waals surface area contributed by atoms with Crippen LogP contribution >= 0.6 is 23.4 Å². The van der Waals surface area contributed by atoms with Crippen molar-refractivity contribution < 1.29 is 14.3 Å². The number of nitrogens with one attached hydrogen (secondary N) is 2. The van der Waals surface area contributed by atoms with Crippen LogP contribution in [0.15, 0.2) is 65.3 Å². The van der Waals surface area contributed by atoms with Crippen LogP contribution in [0.3, 0.4) is 0 Å². The molecule has 0 saturated heterocycles. The highest BCUT2D eigenvalue weighted by Crippen LogP contribution is 2.32. The number of rotatable bonds is 6. The normalized spacial score (nSPS) is 13.7. The third-order valence-corrected chi connectivity index (χ3v) is 5.51. The fourth-order valence-electron chi connectivity index (χ4n) is 2.74. The highest BCUT2D eigenvalue weighted by Gasteiger charge is 2.20. The van der Waals surface area contributed by atoms with Crippen molar-refractivity contribution in [1.29, 1.82) is 0 Å². The van der Waals surface area contributed by atoms with Gasteiger partial charge in [0.1, 0.15) is 0 Å². The molecule has 156 valence electrons. The molecule has 0 bridgehead atoms. The van der Waals surface area contributed by atoms with Gasteiger partial charge in [0, 0.05) is 5.70 Å². The molecule has 8 heteroatoms. The molecule has 1 atom stereocenters. The lowest BCUT2D eigenvalue weighted by Gasteiger charge is -2.13. The van der Waals surface area contributed by atoms with E-state index < -0.39 is 5.25 Å². The zero-order chi connectivity index (χ0) is 21.5. The SMILES string of the molecule is CCOC(=O)CC1=CC(SC(C)C(=O)Nc2ccccc2Cl)=Nc2ccccc2N1. The van der Waals surface area contributed by atoms with Crippen LogP contribution in [-0.4, -0.2) is 28.8 Å². The van der Waals surface area contributed by atoms with Gasteiger partial charge in [-0.3, -0.25) is 9.59 Å². The number of carbonyl (C=O) groups excluding carboxylic acids is 2. The number of anilines is 2. The second-order valence-corrected chi connectivity index (χ2v) is 8.24. The summed E-state index contributed by atoms with van der Waals surface area (Å²) in [7, 11) is 0. The number of hydrogen-bond donors (Lipinski definition) is 2. The zero-order valence-electron chi connectivity index (χ0n) is 16.6. The summed E-state index contributed by atoms with van der Waals surface area (Å²) in [5.74, 6) is -0.522. The van der Waals surface area contributed by atoms with Gasteiger partial charge in [-0.15, -0.1) is 0 Å². The quantitative estimate of drug-likeness (QED) is 0.585. The molecule has 2 aromatic rings. The molecule has 6 nitrogen and oxygen atoms in total. The van der Waals surface area contributed by atoms with Gasteiger partial charge in [-0.1, -0.05) is 47.6 Å². The van der Waals surface area contributed by atoms with Gasteiger partial charge in [0.2, 0.25) is 5.91 Å². The summed E-state index contributed by atoms with van der Waals surface area (Å²) >= 11 is 7.43. The van der Waals surface area contributed by atoms with Crippen LogP contribution in [-0.2, 0) is 14.3 Å². The molecule has 1 unspecified atom stereocenters. The molecular formula is C22H22ClN3O3S. The molecular weight excluding hydrogens is 422 g/mol. The van der Waals surface area contributed by atoms with Gasteiger partial charge in [0.05, 0.1) is 45.4 Å². The van der Waals surface area contributed by atoms with E-state index in [4.69, 9.17) is 16.3 Å². The summed E-state index contributed by atoms with van der Waals surface area (Å²) in [5.41, 5.74) is 2.74. The molecule has 3 rings (SSSR count). The summed E-state index contributed by atoms with van der Waals surface area (Å²) in [5, 5.41) is 6.74. The molecule has 0 fully saturated rings. The summed E-state index contributed by atoms with van der Waals surface area (Å²) in [6, 6.07) is 14.6. The zero-order valence-corrected chi connectivity index (χ0v) is 18.2. The van der Waals surface area contributed by atoms with E-state index in [1.54, 1.807) is 38.1 Å². The fourth-order valence-corrected chi connectivity index (χ4v) is 3.81. The Morgan fingerprint density at radius 1 is 1.20 bits per heavy atom. The smallest absolute Gasteiger partial charge is 0.311 e. The van der Waals surface area contributed by atoms with E-state index in [-0.39, 0.29) is 18.3 Å². The lowest BCUT2D eigenvalue weighted by molar-refractivity contribution is -0.142. The van der Waals surface area contributed by atoms with Crippen molar-refractivity contribution in [3.05, 3.63) is 65.3 Å². The van der Waals surface area contributed by atoms with Crippen molar-refractivity contribution in [2.24, 2.45) is 4.99 Å². The Labute approximate surface area is 184 Å². The average molecular weight is 444 g/mol. The van der Waals surface area contributed by atoms with E-state index in [9.17, 15) is 9.59 Å². The Bertz CT molecular complexity index is 1010. The molecule has 1 heterocycles. The molecule has 2 N–H and O–H groups in total. The van der Waals surface area contributed by atoms with Gasteiger partial charge in [-0.05, 0) is 44.2 Å². The van der Waals surface area contributed by atoms with E-state index in [0.29, 0.717) is 28.1 Å². The minimum atomic E-state index is -0.439. The van der Waals surface area contributed by atoms with Crippen LogP contribution < -0.4 is 10.6 Å². The second kappa shape index (κ2) is 10.3. The first-order valence-electron chi connectivity index (χ1n) is 9.49. The second-order valence-electron chi connectivity index (χ2n) is 6.47.